The van der Waals surface area contributed by atoms with Crippen molar-refractivity contribution in [3.63, 3.8) is 0 Å². The highest BCUT2D eigenvalue weighted by Gasteiger charge is 2.24. The molecule has 0 aliphatic rings. The van der Waals surface area contributed by atoms with Crippen LogP contribution in [0, 0.1) is 0 Å². The summed E-state index contributed by atoms with van der Waals surface area (Å²) in [4.78, 5) is 0. The standard InChI is InChI=1S/C28H19N3O/c1-4-12-20(13-5-1)26-25(29-30-31(26)22-16-8-3-9-17-22)28-24-19-11-10-18-23(24)27(32-28)21-14-6-2-7-15-21/h1-19H. The molecule has 0 aliphatic carbocycles. The second-order valence-corrected chi connectivity index (χ2v) is 7.57. The third-order valence-corrected chi connectivity index (χ3v) is 5.59. The van der Waals surface area contributed by atoms with Crippen LogP contribution in [0.5, 0.6) is 0 Å². The fourth-order valence-electron chi connectivity index (χ4n) is 4.11. The molecule has 32 heavy (non-hydrogen) atoms. The average Bonchev–Trinajstić information content (AvgIpc) is 3.48. The molecule has 0 bridgehead atoms. The van der Waals surface area contributed by atoms with Crippen LogP contribution in [0.25, 0.3) is 50.5 Å². The summed E-state index contributed by atoms with van der Waals surface area (Å²) in [5.74, 6) is 1.56. The highest BCUT2D eigenvalue weighted by atomic mass is 16.3. The van der Waals surface area contributed by atoms with Gasteiger partial charge in [-0.3, -0.25) is 0 Å². The van der Waals surface area contributed by atoms with E-state index in [2.05, 4.69) is 46.7 Å². The minimum absolute atomic E-state index is 0.721. The number of aromatic nitrogens is 3. The largest absolute Gasteiger partial charge is 0.453 e. The molecule has 0 radical (unpaired) electrons. The molecule has 2 heterocycles. The SMILES string of the molecule is c1ccc(-c2oc(-c3nnn(-c4ccccc4)c3-c3ccccc3)c3ccccc23)cc1. The molecule has 0 spiro atoms. The zero-order valence-electron chi connectivity index (χ0n) is 17.2. The molecular formula is C28H19N3O. The summed E-state index contributed by atoms with van der Waals surface area (Å²) in [5.41, 5.74) is 4.63. The maximum Gasteiger partial charge on any atom is 0.165 e. The average molecular weight is 413 g/mol. The topological polar surface area (TPSA) is 43.9 Å². The predicted molar refractivity (Wildman–Crippen MR) is 127 cm³/mol. The van der Waals surface area contributed by atoms with Crippen LogP contribution in [-0.4, -0.2) is 15.0 Å². The monoisotopic (exact) mass is 413 g/mol. The van der Waals surface area contributed by atoms with Gasteiger partial charge in [0.15, 0.2) is 11.5 Å². The Hall–Kier alpha value is -4.44. The quantitative estimate of drug-likeness (QED) is 0.312. The summed E-state index contributed by atoms with van der Waals surface area (Å²) in [7, 11) is 0. The third kappa shape index (κ3) is 3.01. The van der Waals surface area contributed by atoms with Gasteiger partial charge in [-0.25, -0.2) is 4.68 Å². The van der Waals surface area contributed by atoms with Crippen molar-refractivity contribution in [1.29, 1.82) is 0 Å². The Morgan fingerprint density at radius 1 is 0.531 bits per heavy atom. The van der Waals surface area contributed by atoms with Gasteiger partial charge in [-0.1, -0.05) is 108 Å². The molecule has 4 heteroatoms. The lowest BCUT2D eigenvalue weighted by Gasteiger charge is -2.08. The Kier molecular flexibility index (Phi) is 4.40. The Morgan fingerprint density at radius 2 is 1.06 bits per heavy atom. The van der Waals surface area contributed by atoms with E-state index in [9.17, 15) is 0 Å². The molecule has 0 fully saturated rings. The van der Waals surface area contributed by atoms with Crippen molar-refractivity contribution in [1.82, 2.24) is 15.0 Å². The van der Waals surface area contributed by atoms with Gasteiger partial charge in [0, 0.05) is 21.9 Å². The summed E-state index contributed by atoms with van der Waals surface area (Å²) in [5, 5.41) is 11.2. The van der Waals surface area contributed by atoms with E-state index in [1.807, 2.05) is 83.5 Å². The first kappa shape index (κ1) is 18.3. The van der Waals surface area contributed by atoms with Crippen LogP contribution in [-0.2, 0) is 0 Å². The minimum Gasteiger partial charge on any atom is -0.453 e. The lowest BCUT2D eigenvalue weighted by Crippen LogP contribution is -1.99. The van der Waals surface area contributed by atoms with Gasteiger partial charge in [0.25, 0.3) is 0 Å². The molecule has 0 N–H and O–H groups in total. The summed E-state index contributed by atoms with van der Waals surface area (Å²) < 4.78 is 8.41. The van der Waals surface area contributed by atoms with E-state index in [1.54, 1.807) is 0 Å². The van der Waals surface area contributed by atoms with E-state index in [4.69, 9.17) is 4.42 Å². The first-order valence-electron chi connectivity index (χ1n) is 10.5. The van der Waals surface area contributed by atoms with E-state index in [0.29, 0.717) is 0 Å². The lowest BCUT2D eigenvalue weighted by atomic mass is 10.0. The number of nitrogens with zero attached hydrogens (tertiary/aromatic N) is 3. The molecule has 0 saturated carbocycles. The Labute approximate surface area is 185 Å². The van der Waals surface area contributed by atoms with Crippen molar-refractivity contribution in [2.24, 2.45) is 0 Å². The third-order valence-electron chi connectivity index (χ3n) is 5.59. The Morgan fingerprint density at radius 3 is 1.72 bits per heavy atom. The molecule has 2 aromatic heterocycles. The normalized spacial score (nSPS) is 11.1. The van der Waals surface area contributed by atoms with Crippen LogP contribution in [0.3, 0.4) is 0 Å². The van der Waals surface area contributed by atoms with Gasteiger partial charge in [0.1, 0.15) is 11.5 Å². The summed E-state index contributed by atoms with van der Waals surface area (Å²) >= 11 is 0. The molecule has 0 atom stereocenters. The number of hydrogen-bond acceptors (Lipinski definition) is 3. The van der Waals surface area contributed by atoms with Crippen LogP contribution >= 0.6 is 0 Å². The zero-order chi connectivity index (χ0) is 21.3. The Bertz CT molecular complexity index is 1500. The van der Waals surface area contributed by atoms with Crippen LogP contribution in [0.2, 0.25) is 0 Å². The van der Waals surface area contributed by atoms with Crippen LogP contribution in [0.1, 0.15) is 0 Å². The first-order chi connectivity index (χ1) is 15.9. The van der Waals surface area contributed by atoms with E-state index in [1.165, 1.54) is 0 Å². The number of benzene rings is 4. The molecule has 4 nitrogen and oxygen atoms in total. The minimum atomic E-state index is 0.721. The number of para-hydroxylation sites is 1. The van der Waals surface area contributed by atoms with Crippen LogP contribution in [0.15, 0.2) is 120 Å². The molecule has 0 saturated heterocycles. The smallest absolute Gasteiger partial charge is 0.165 e. The van der Waals surface area contributed by atoms with E-state index >= 15 is 0 Å². The second-order valence-electron chi connectivity index (χ2n) is 7.57. The van der Waals surface area contributed by atoms with Crippen molar-refractivity contribution in [3.8, 4) is 39.7 Å². The van der Waals surface area contributed by atoms with E-state index in [-0.39, 0.29) is 0 Å². The van der Waals surface area contributed by atoms with Gasteiger partial charge in [-0.05, 0) is 12.1 Å². The molecule has 4 aromatic carbocycles. The van der Waals surface area contributed by atoms with E-state index < -0.39 is 0 Å². The van der Waals surface area contributed by atoms with Crippen molar-refractivity contribution in [2.75, 3.05) is 0 Å². The number of rotatable bonds is 4. The highest BCUT2D eigenvalue weighted by Crippen LogP contribution is 2.41. The second kappa shape index (κ2) is 7.67. The van der Waals surface area contributed by atoms with Gasteiger partial charge in [-0.2, -0.15) is 0 Å². The Balaban J connectivity index is 1.65. The van der Waals surface area contributed by atoms with Crippen molar-refractivity contribution >= 4 is 10.8 Å². The molecular weight excluding hydrogens is 394 g/mol. The molecule has 152 valence electrons. The van der Waals surface area contributed by atoms with Gasteiger partial charge in [0.2, 0.25) is 0 Å². The van der Waals surface area contributed by atoms with Gasteiger partial charge in [-0.15, -0.1) is 5.10 Å². The van der Waals surface area contributed by atoms with Gasteiger partial charge < -0.3 is 4.42 Å². The van der Waals surface area contributed by atoms with Crippen molar-refractivity contribution < 1.29 is 4.42 Å². The summed E-state index contributed by atoms with van der Waals surface area (Å²) in [6.45, 7) is 0. The van der Waals surface area contributed by atoms with Crippen LogP contribution < -0.4 is 0 Å². The molecule has 0 unspecified atom stereocenters. The fraction of sp³-hybridized carbons (Fsp3) is 0. The van der Waals surface area contributed by atoms with E-state index in [0.717, 1.165) is 50.5 Å². The molecule has 0 aliphatic heterocycles. The highest BCUT2D eigenvalue weighted by molar-refractivity contribution is 6.03. The van der Waals surface area contributed by atoms with Gasteiger partial charge in [0.05, 0.1) is 5.69 Å². The van der Waals surface area contributed by atoms with Crippen molar-refractivity contribution in [2.45, 2.75) is 0 Å². The summed E-state index contributed by atoms with van der Waals surface area (Å²) in [6, 6.07) is 38.7. The molecule has 6 rings (SSSR count). The number of fused-ring (bicyclic) bond motifs is 1. The predicted octanol–water partition coefficient (Wildman–Crippen LogP) is 7.01. The maximum atomic E-state index is 6.53. The van der Waals surface area contributed by atoms with Crippen LogP contribution in [0.4, 0.5) is 0 Å². The summed E-state index contributed by atoms with van der Waals surface area (Å²) in [6.07, 6.45) is 0. The number of hydrogen-bond donors (Lipinski definition) is 0. The first-order valence-corrected chi connectivity index (χ1v) is 10.5. The maximum absolute atomic E-state index is 6.53. The van der Waals surface area contributed by atoms with Gasteiger partial charge >= 0.3 is 0 Å². The molecule has 0 amide bonds. The molecule has 6 aromatic rings. The number of furan rings is 1. The fourth-order valence-corrected chi connectivity index (χ4v) is 4.11. The lowest BCUT2D eigenvalue weighted by molar-refractivity contribution is 0.599. The van der Waals surface area contributed by atoms with Crippen molar-refractivity contribution in [3.05, 3.63) is 115 Å². The zero-order valence-corrected chi connectivity index (χ0v) is 17.2.